The predicted octanol–water partition coefficient (Wildman–Crippen LogP) is 2.94. The van der Waals surface area contributed by atoms with Crippen LogP contribution in [0, 0.1) is 0 Å². The van der Waals surface area contributed by atoms with E-state index >= 15 is 0 Å². The molecule has 1 amide bonds. The van der Waals surface area contributed by atoms with Gasteiger partial charge in [0, 0.05) is 24.0 Å². The summed E-state index contributed by atoms with van der Waals surface area (Å²) in [5.41, 5.74) is 5.69. The van der Waals surface area contributed by atoms with Crippen LogP contribution in [0.25, 0.3) is 0 Å². The van der Waals surface area contributed by atoms with E-state index in [0.717, 1.165) is 42.7 Å². The van der Waals surface area contributed by atoms with Crippen molar-refractivity contribution in [3.05, 3.63) is 46.3 Å². The third kappa shape index (κ3) is 3.16. The van der Waals surface area contributed by atoms with Gasteiger partial charge in [-0.2, -0.15) is 0 Å². The first kappa shape index (κ1) is 13.7. The van der Waals surface area contributed by atoms with E-state index in [0.29, 0.717) is 0 Å². The zero-order chi connectivity index (χ0) is 13.8. The minimum atomic E-state index is 0.0591. The molecule has 0 saturated heterocycles. The molecule has 0 atom stereocenters. The number of fused-ring (bicyclic) bond motifs is 1. The summed E-state index contributed by atoms with van der Waals surface area (Å²) in [6, 6.07) is 0. The smallest absolute Gasteiger partial charge is 0.251 e. The van der Waals surface area contributed by atoms with Crippen LogP contribution in [0.1, 0.15) is 40.0 Å². The molecule has 0 unspecified atom stereocenters. The Morgan fingerprint density at radius 1 is 1.37 bits per heavy atom. The summed E-state index contributed by atoms with van der Waals surface area (Å²) in [5.74, 6) is 0.0591. The number of amides is 1. The highest BCUT2D eigenvalue weighted by Crippen LogP contribution is 2.31. The van der Waals surface area contributed by atoms with E-state index in [1.54, 1.807) is 0 Å². The van der Waals surface area contributed by atoms with Crippen molar-refractivity contribution in [2.24, 2.45) is 0 Å². The zero-order valence-corrected chi connectivity index (χ0v) is 12.0. The molecule has 3 heteroatoms. The third-order valence-electron chi connectivity index (χ3n) is 3.53. The van der Waals surface area contributed by atoms with Gasteiger partial charge in [-0.25, -0.2) is 0 Å². The van der Waals surface area contributed by atoms with E-state index in [1.165, 1.54) is 11.1 Å². The Bertz CT molecular complexity index is 507. The Morgan fingerprint density at radius 3 is 2.89 bits per heavy atom. The van der Waals surface area contributed by atoms with Crippen molar-refractivity contribution in [2.45, 2.75) is 40.0 Å². The molecule has 0 aromatic rings. The van der Waals surface area contributed by atoms with Gasteiger partial charge in [0.05, 0.1) is 0 Å². The lowest BCUT2D eigenvalue weighted by molar-refractivity contribution is -0.117. The van der Waals surface area contributed by atoms with Gasteiger partial charge >= 0.3 is 0 Å². The maximum absolute atomic E-state index is 12.1. The molecule has 0 saturated carbocycles. The maximum atomic E-state index is 12.1. The van der Waals surface area contributed by atoms with Crippen LogP contribution in [0.5, 0.6) is 0 Å². The molecule has 1 heterocycles. The summed E-state index contributed by atoms with van der Waals surface area (Å²) in [4.78, 5) is 12.1. The Labute approximate surface area is 115 Å². The zero-order valence-electron chi connectivity index (χ0n) is 12.0. The van der Waals surface area contributed by atoms with Gasteiger partial charge < -0.3 is 10.6 Å². The van der Waals surface area contributed by atoms with Crippen molar-refractivity contribution < 1.29 is 4.79 Å². The molecule has 2 rings (SSSR count). The molecule has 2 N–H and O–H groups in total. The fourth-order valence-electron chi connectivity index (χ4n) is 2.33. The molecule has 0 aromatic carbocycles. The van der Waals surface area contributed by atoms with Gasteiger partial charge in [-0.1, -0.05) is 18.6 Å². The molecule has 102 valence electrons. The number of nitrogens with one attached hydrogen (secondary N) is 2. The summed E-state index contributed by atoms with van der Waals surface area (Å²) >= 11 is 0. The van der Waals surface area contributed by atoms with Gasteiger partial charge in [0.25, 0.3) is 5.91 Å². The average molecular weight is 258 g/mol. The lowest BCUT2D eigenvalue weighted by Crippen LogP contribution is -2.26. The molecule has 0 fully saturated rings. The minimum Gasteiger partial charge on any atom is -0.365 e. The Kier molecular flexibility index (Phi) is 4.25. The molecule has 1 aliphatic carbocycles. The van der Waals surface area contributed by atoms with Crippen molar-refractivity contribution in [3.8, 4) is 0 Å². The second-order valence-corrected chi connectivity index (χ2v) is 5.20. The quantitative estimate of drug-likeness (QED) is 0.817. The topological polar surface area (TPSA) is 41.1 Å². The van der Waals surface area contributed by atoms with Crippen LogP contribution in [0.3, 0.4) is 0 Å². The van der Waals surface area contributed by atoms with Crippen molar-refractivity contribution in [3.63, 3.8) is 0 Å². The molecule has 0 radical (unpaired) electrons. The molecule has 19 heavy (non-hydrogen) atoms. The third-order valence-corrected chi connectivity index (χ3v) is 3.53. The second-order valence-electron chi connectivity index (χ2n) is 5.20. The minimum absolute atomic E-state index is 0.0591. The van der Waals surface area contributed by atoms with Crippen molar-refractivity contribution >= 4 is 5.91 Å². The Hall–Kier alpha value is -1.77. The second kappa shape index (κ2) is 5.91. The fourth-order valence-corrected chi connectivity index (χ4v) is 2.33. The molecule has 0 spiro atoms. The normalized spacial score (nSPS) is 18.6. The van der Waals surface area contributed by atoms with E-state index in [1.807, 2.05) is 13.0 Å². The SMILES string of the molecule is CCCNC(=O)C1=C(C)CC2=CNC(C)=CCC2=C1. The first-order valence-corrected chi connectivity index (χ1v) is 6.93. The monoisotopic (exact) mass is 258 g/mol. The van der Waals surface area contributed by atoms with E-state index in [-0.39, 0.29) is 5.91 Å². The molecule has 3 nitrogen and oxygen atoms in total. The lowest BCUT2D eigenvalue weighted by Gasteiger charge is -2.19. The van der Waals surface area contributed by atoms with Crippen LogP contribution < -0.4 is 10.6 Å². The highest BCUT2D eigenvalue weighted by Gasteiger charge is 2.20. The van der Waals surface area contributed by atoms with Gasteiger partial charge in [0.2, 0.25) is 0 Å². The number of allylic oxidation sites excluding steroid dienone is 5. The summed E-state index contributed by atoms with van der Waals surface area (Å²) in [5, 5.41) is 6.24. The van der Waals surface area contributed by atoms with E-state index in [9.17, 15) is 4.79 Å². The van der Waals surface area contributed by atoms with Crippen LogP contribution >= 0.6 is 0 Å². The van der Waals surface area contributed by atoms with E-state index < -0.39 is 0 Å². The van der Waals surface area contributed by atoms with Crippen molar-refractivity contribution in [2.75, 3.05) is 6.54 Å². The Balaban J connectivity index is 2.22. The molecular formula is C16H22N2O. The van der Waals surface area contributed by atoms with Crippen LogP contribution in [0.4, 0.5) is 0 Å². The summed E-state index contributed by atoms with van der Waals surface area (Å²) in [6.07, 6.45) is 8.99. The van der Waals surface area contributed by atoms with Crippen molar-refractivity contribution in [1.29, 1.82) is 0 Å². The van der Waals surface area contributed by atoms with Gasteiger partial charge in [-0.3, -0.25) is 4.79 Å². The average Bonchev–Trinajstić information content (AvgIpc) is 2.57. The molecule has 2 aliphatic rings. The number of hydrogen-bond acceptors (Lipinski definition) is 2. The lowest BCUT2D eigenvalue weighted by atomic mass is 9.87. The standard InChI is InChI=1S/C16H22N2O/c1-4-7-17-16(19)15-9-13-6-5-12(3)18-10-14(13)8-11(15)2/h5,9-10,18H,4,6-8H2,1-3H3,(H,17,19). The van der Waals surface area contributed by atoms with Crippen LogP contribution in [-0.4, -0.2) is 12.5 Å². The number of rotatable bonds is 3. The first-order chi connectivity index (χ1) is 9.11. The van der Waals surface area contributed by atoms with Crippen LogP contribution in [0.15, 0.2) is 46.3 Å². The summed E-state index contributed by atoms with van der Waals surface area (Å²) in [6.45, 7) is 6.90. The predicted molar refractivity (Wildman–Crippen MR) is 78.3 cm³/mol. The molecule has 0 aromatic heterocycles. The van der Waals surface area contributed by atoms with Gasteiger partial charge in [-0.05, 0) is 50.3 Å². The van der Waals surface area contributed by atoms with Gasteiger partial charge in [0.15, 0.2) is 0 Å². The highest BCUT2D eigenvalue weighted by atomic mass is 16.1. The highest BCUT2D eigenvalue weighted by molar-refractivity contribution is 5.97. The molecular weight excluding hydrogens is 236 g/mol. The van der Waals surface area contributed by atoms with Crippen LogP contribution in [0.2, 0.25) is 0 Å². The Morgan fingerprint density at radius 2 is 2.16 bits per heavy atom. The molecule has 1 aliphatic heterocycles. The summed E-state index contributed by atoms with van der Waals surface area (Å²) < 4.78 is 0. The largest absolute Gasteiger partial charge is 0.365 e. The fraction of sp³-hybridized carbons (Fsp3) is 0.438. The van der Waals surface area contributed by atoms with Gasteiger partial charge in [0.1, 0.15) is 0 Å². The number of hydrogen-bond donors (Lipinski definition) is 2. The van der Waals surface area contributed by atoms with E-state index in [2.05, 4.69) is 36.8 Å². The van der Waals surface area contributed by atoms with Gasteiger partial charge in [-0.15, -0.1) is 0 Å². The first-order valence-electron chi connectivity index (χ1n) is 6.93. The van der Waals surface area contributed by atoms with Crippen LogP contribution in [-0.2, 0) is 4.79 Å². The maximum Gasteiger partial charge on any atom is 0.251 e. The van der Waals surface area contributed by atoms with Crippen molar-refractivity contribution in [1.82, 2.24) is 10.6 Å². The summed E-state index contributed by atoms with van der Waals surface area (Å²) in [7, 11) is 0. The van der Waals surface area contributed by atoms with E-state index in [4.69, 9.17) is 0 Å². The number of carbonyl (C=O) groups is 1. The number of carbonyl (C=O) groups excluding carboxylic acids is 1. The molecule has 0 bridgehead atoms.